The Balaban J connectivity index is -0.000000231. The summed E-state index contributed by atoms with van der Waals surface area (Å²) in [6.07, 6.45) is 3.04. The quantitative estimate of drug-likeness (QED) is 0.414. The molecule has 0 amide bonds. The molecule has 21 heavy (non-hydrogen) atoms. The van der Waals surface area contributed by atoms with E-state index in [4.69, 9.17) is 9.79 Å². The number of thiol groups is 1. The van der Waals surface area contributed by atoms with Gasteiger partial charge in [0.2, 0.25) is 5.69 Å². The summed E-state index contributed by atoms with van der Waals surface area (Å²) >= 11 is 10.2. The van der Waals surface area contributed by atoms with Crippen LogP contribution in [0.2, 0.25) is 0 Å². The normalized spacial score (nSPS) is 16.4. The van der Waals surface area contributed by atoms with Crippen LogP contribution in [-0.2, 0) is 39.0 Å². The van der Waals surface area contributed by atoms with Crippen molar-refractivity contribution in [1.29, 1.82) is 0 Å². The molecule has 0 spiro atoms. The fourth-order valence-corrected chi connectivity index (χ4v) is 1.57. The Morgan fingerprint density at radius 2 is 1.10 bits per heavy atom. The van der Waals surface area contributed by atoms with E-state index in [1.54, 1.807) is 0 Å². The number of hydrogen-bond acceptors (Lipinski definition) is 9. The van der Waals surface area contributed by atoms with Crippen molar-refractivity contribution < 1.29 is 37.0 Å². The molecule has 0 rings (SSSR count). The van der Waals surface area contributed by atoms with Crippen LogP contribution in [0.5, 0.6) is 0 Å². The van der Waals surface area contributed by atoms with Gasteiger partial charge in [0.05, 0.1) is 0 Å². The van der Waals surface area contributed by atoms with Gasteiger partial charge < -0.3 is 27.9 Å². The van der Waals surface area contributed by atoms with Gasteiger partial charge in [0.25, 0.3) is 0 Å². The van der Waals surface area contributed by atoms with Crippen molar-refractivity contribution in [2.45, 2.75) is 0 Å². The SMILES string of the molecule is COP(=O)(O)SC.COP(=O)(O)SC.COP(=S)(S)OC. The fourth-order valence-electron chi connectivity index (χ4n) is 0.224. The lowest BCUT2D eigenvalue weighted by Crippen LogP contribution is -1.76. The molecule has 132 valence electrons. The third-order valence-corrected chi connectivity index (χ3v) is 9.69. The van der Waals surface area contributed by atoms with E-state index in [1.807, 2.05) is 0 Å². The molecule has 0 bridgehead atoms. The van der Waals surface area contributed by atoms with Crippen molar-refractivity contribution in [2.75, 3.05) is 41.0 Å². The van der Waals surface area contributed by atoms with Crippen molar-refractivity contribution >= 4 is 66.1 Å². The van der Waals surface area contributed by atoms with Gasteiger partial charge in [-0.1, -0.05) is 12.2 Å². The molecule has 15 heteroatoms. The van der Waals surface area contributed by atoms with Gasteiger partial charge in [-0.3, -0.25) is 0 Å². The average molecular weight is 442 g/mol. The molecule has 2 N–H and O–H groups in total. The van der Waals surface area contributed by atoms with Crippen molar-refractivity contribution in [3.05, 3.63) is 0 Å². The summed E-state index contributed by atoms with van der Waals surface area (Å²) in [5.41, 5.74) is -2.13. The largest absolute Gasteiger partial charge is 0.386 e. The Morgan fingerprint density at radius 3 is 1.10 bits per heavy atom. The summed E-state index contributed by atoms with van der Waals surface area (Å²) in [6.45, 7) is -6.48. The molecular formula is C6H21O8P3S4. The summed E-state index contributed by atoms with van der Waals surface area (Å²) in [5.74, 6) is 0. The van der Waals surface area contributed by atoms with Gasteiger partial charge in [-0.15, -0.1) is 0 Å². The minimum absolute atomic E-state index is 0.816. The lowest BCUT2D eigenvalue weighted by Gasteiger charge is -2.07. The Hall–Kier alpha value is 1.92. The summed E-state index contributed by atoms with van der Waals surface area (Å²) in [4.78, 5) is 16.9. The standard InChI is InChI=1S/2C2H7O3PS.C2H7O2PS2/c2*1-5-6(3,4)7-2;1-3-5(6,7)4-2/h2*1-2H3,(H,3,4);1-2H3,(H,6,7). The summed E-state index contributed by atoms with van der Waals surface area (Å²) in [6, 6.07) is 0. The molecule has 2 unspecified atom stereocenters. The Kier molecular flexibility index (Phi) is 18.9. The summed E-state index contributed by atoms with van der Waals surface area (Å²) in [5, 5.41) is 0. The fraction of sp³-hybridized carbons (Fsp3) is 1.00. The second kappa shape index (κ2) is 14.3. The van der Waals surface area contributed by atoms with Crippen LogP contribution in [-0.4, -0.2) is 50.7 Å². The van der Waals surface area contributed by atoms with Crippen LogP contribution in [0.4, 0.5) is 0 Å². The third-order valence-electron chi connectivity index (χ3n) is 1.38. The van der Waals surface area contributed by atoms with E-state index < -0.39 is 19.3 Å². The first kappa shape index (κ1) is 27.8. The molecule has 0 aliphatic rings. The maximum Gasteiger partial charge on any atom is 0.386 e. The highest BCUT2D eigenvalue weighted by Crippen LogP contribution is 2.53. The topological polar surface area (TPSA) is 112 Å². The van der Waals surface area contributed by atoms with Gasteiger partial charge in [0, 0.05) is 28.4 Å². The molecule has 0 aliphatic carbocycles. The zero-order chi connectivity index (χ0) is 17.7. The maximum absolute atomic E-state index is 10.2. The zero-order valence-corrected chi connectivity index (χ0v) is 18.4. The van der Waals surface area contributed by atoms with E-state index in [0.29, 0.717) is 0 Å². The minimum atomic E-state index is -3.24. The Bertz CT molecular complexity index is 313. The number of rotatable bonds is 6. The minimum Gasteiger partial charge on any atom is -0.325 e. The number of hydrogen-bond donors (Lipinski definition) is 3. The molecule has 0 saturated carbocycles. The molecule has 8 nitrogen and oxygen atoms in total. The highest BCUT2D eigenvalue weighted by molar-refractivity contribution is 8.60. The van der Waals surface area contributed by atoms with Crippen molar-refractivity contribution in [3.63, 3.8) is 0 Å². The predicted octanol–water partition coefficient (Wildman–Crippen LogP) is 3.63. The van der Waals surface area contributed by atoms with Crippen LogP contribution < -0.4 is 0 Å². The van der Waals surface area contributed by atoms with E-state index in [-0.39, 0.29) is 0 Å². The van der Waals surface area contributed by atoms with E-state index in [1.165, 1.54) is 41.0 Å². The zero-order valence-electron chi connectivity index (χ0n) is 12.4. The molecule has 0 aromatic carbocycles. The van der Waals surface area contributed by atoms with Crippen LogP contribution in [0, 0.1) is 0 Å². The first-order valence-corrected chi connectivity index (χ1v) is 15.3. The van der Waals surface area contributed by atoms with E-state index >= 15 is 0 Å². The monoisotopic (exact) mass is 442 g/mol. The highest BCUT2D eigenvalue weighted by atomic mass is 32.9. The lowest BCUT2D eigenvalue weighted by atomic mass is 11.8. The summed E-state index contributed by atoms with van der Waals surface area (Å²) in [7, 11) is 5.38. The average Bonchev–Trinajstić information content (AvgIpc) is 2.48. The predicted molar refractivity (Wildman–Crippen MR) is 98.0 cm³/mol. The van der Waals surface area contributed by atoms with Crippen molar-refractivity contribution in [3.8, 4) is 0 Å². The van der Waals surface area contributed by atoms with Crippen molar-refractivity contribution in [1.82, 2.24) is 0 Å². The molecule has 0 heterocycles. The molecule has 0 saturated heterocycles. The molecule has 0 aliphatic heterocycles. The van der Waals surface area contributed by atoms with Gasteiger partial charge in [-0.2, -0.15) is 0 Å². The second-order valence-electron chi connectivity index (χ2n) is 2.50. The van der Waals surface area contributed by atoms with Crippen LogP contribution in [0.25, 0.3) is 0 Å². The van der Waals surface area contributed by atoms with Gasteiger partial charge in [-0.05, 0) is 47.1 Å². The highest BCUT2D eigenvalue weighted by Gasteiger charge is 2.12. The van der Waals surface area contributed by atoms with Crippen LogP contribution in [0.3, 0.4) is 0 Å². The molecule has 0 fully saturated rings. The first-order chi connectivity index (χ1) is 9.36. The maximum atomic E-state index is 10.2. The van der Waals surface area contributed by atoms with Crippen molar-refractivity contribution in [2.24, 2.45) is 0 Å². The van der Waals surface area contributed by atoms with Gasteiger partial charge in [0.15, 0.2) is 0 Å². The van der Waals surface area contributed by atoms with E-state index in [0.717, 1.165) is 22.8 Å². The molecule has 0 aromatic heterocycles. The van der Waals surface area contributed by atoms with E-state index in [2.05, 4.69) is 42.2 Å². The molecule has 0 radical (unpaired) electrons. The molecular weight excluding hydrogens is 421 g/mol. The summed E-state index contributed by atoms with van der Waals surface area (Å²) < 4.78 is 38.1. The van der Waals surface area contributed by atoms with Gasteiger partial charge in [-0.25, -0.2) is 9.13 Å². The molecule has 2 atom stereocenters. The van der Waals surface area contributed by atoms with Gasteiger partial charge >= 0.3 is 13.6 Å². The van der Waals surface area contributed by atoms with E-state index in [9.17, 15) is 9.13 Å². The van der Waals surface area contributed by atoms with Crippen LogP contribution in [0.1, 0.15) is 0 Å². The molecule has 0 aromatic rings. The van der Waals surface area contributed by atoms with Crippen LogP contribution >= 0.6 is 54.3 Å². The lowest BCUT2D eigenvalue weighted by molar-refractivity contribution is 0.335. The second-order valence-corrected chi connectivity index (χ2v) is 16.3. The van der Waals surface area contributed by atoms with Gasteiger partial charge in [0.1, 0.15) is 0 Å². The first-order valence-electron chi connectivity index (χ1n) is 4.69. The van der Waals surface area contributed by atoms with Crippen LogP contribution in [0.15, 0.2) is 0 Å². The smallest absolute Gasteiger partial charge is 0.325 e. The third kappa shape index (κ3) is 21.9. The Labute approximate surface area is 143 Å². The Morgan fingerprint density at radius 1 is 0.857 bits per heavy atom.